The zero-order chi connectivity index (χ0) is 15.2. The molecule has 1 aliphatic rings. The molecule has 1 heterocycles. The van der Waals surface area contributed by atoms with E-state index in [0.29, 0.717) is 12.3 Å². The van der Waals surface area contributed by atoms with Gasteiger partial charge in [0.15, 0.2) is 0 Å². The quantitative estimate of drug-likeness (QED) is 0.719. The summed E-state index contributed by atoms with van der Waals surface area (Å²) in [7, 11) is 0. The highest BCUT2D eigenvalue weighted by Crippen LogP contribution is 2.25. The molecule has 1 amide bonds. The number of amides is 1. The predicted octanol–water partition coefficient (Wildman–Crippen LogP) is 1.37. The van der Waals surface area contributed by atoms with E-state index in [-0.39, 0.29) is 18.6 Å². The van der Waals surface area contributed by atoms with Crippen LogP contribution in [-0.2, 0) is 4.79 Å². The lowest BCUT2D eigenvalue weighted by Gasteiger charge is -2.24. The molecule has 0 bridgehead atoms. The third-order valence-corrected chi connectivity index (χ3v) is 4.02. The Hall–Kier alpha value is -1.11. The van der Waals surface area contributed by atoms with Crippen LogP contribution in [0, 0.1) is 6.92 Å². The summed E-state index contributed by atoms with van der Waals surface area (Å²) in [4.78, 5) is 11.6. The number of aliphatic hydroxyl groups excluding tert-OH is 1. The van der Waals surface area contributed by atoms with Crippen molar-refractivity contribution < 1.29 is 14.6 Å². The van der Waals surface area contributed by atoms with Gasteiger partial charge in [-0.3, -0.25) is 4.79 Å². The molecule has 2 unspecified atom stereocenters. The molecule has 2 atom stereocenters. The van der Waals surface area contributed by atoms with Crippen LogP contribution in [0.25, 0.3) is 0 Å². The fourth-order valence-electron chi connectivity index (χ4n) is 2.21. The van der Waals surface area contributed by atoms with Crippen molar-refractivity contribution >= 4 is 21.8 Å². The van der Waals surface area contributed by atoms with Crippen molar-refractivity contribution in [1.82, 2.24) is 10.6 Å². The molecule has 116 valence electrons. The van der Waals surface area contributed by atoms with Gasteiger partial charge in [-0.05, 0) is 53.4 Å². The number of carbonyl (C=O) groups is 1. The van der Waals surface area contributed by atoms with Crippen LogP contribution < -0.4 is 15.4 Å². The number of benzene rings is 1. The summed E-state index contributed by atoms with van der Waals surface area (Å²) >= 11 is 3.43. The first-order valence-corrected chi connectivity index (χ1v) is 7.93. The van der Waals surface area contributed by atoms with E-state index >= 15 is 0 Å². The predicted molar refractivity (Wildman–Crippen MR) is 84.4 cm³/mol. The zero-order valence-electron chi connectivity index (χ0n) is 12.1. The molecular formula is C15H21BrN2O3. The Labute approximate surface area is 133 Å². The number of hydrogen-bond acceptors (Lipinski definition) is 4. The SMILES string of the molecule is Cc1ccc(OCC(O)CNC2CCCNC2=O)c(Br)c1. The van der Waals surface area contributed by atoms with E-state index in [0.717, 1.165) is 29.4 Å². The Morgan fingerprint density at radius 2 is 2.38 bits per heavy atom. The van der Waals surface area contributed by atoms with E-state index in [1.165, 1.54) is 0 Å². The Kier molecular flexibility index (Phi) is 6.02. The van der Waals surface area contributed by atoms with Crippen LogP contribution in [0.1, 0.15) is 18.4 Å². The summed E-state index contributed by atoms with van der Waals surface area (Å²) in [6.45, 7) is 3.26. The second kappa shape index (κ2) is 7.77. The number of nitrogens with one attached hydrogen (secondary N) is 2. The Morgan fingerprint density at radius 1 is 1.57 bits per heavy atom. The van der Waals surface area contributed by atoms with Gasteiger partial charge >= 0.3 is 0 Å². The Balaban J connectivity index is 1.74. The van der Waals surface area contributed by atoms with E-state index in [9.17, 15) is 9.90 Å². The summed E-state index contributed by atoms with van der Waals surface area (Å²) < 4.78 is 6.45. The minimum absolute atomic E-state index is 0.00986. The molecule has 0 aliphatic carbocycles. The standard InChI is InChI=1S/C15H21BrN2O3/c1-10-4-5-14(12(16)7-10)21-9-11(19)8-18-13-3-2-6-17-15(13)20/h4-5,7,11,13,18-19H,2-3,6,8-9H2,1H3,(H,17,20). The molecular weight excluding hydrogens is 336 g/mol. The highest BCUT2D eigenvalue weighted by Gasteiger charge is 2.22. The summed E-state index contributed by atoms with van der Waals surface area (Å²) in [5.41, 5.74) is 1.14. The van der Waals surface area contributed by atoms with Crippen molar-refractivity contribution in [2.24, 2.45) is 0 Å². The molecule has 0 radical (unpaired) electrons. The third kappa shape index (κ3) is 4.98. The van der Waals surface area contributed by atoms with Gasteiger partial charge in [0.2, 0.25) is 5.91 Å². The van der Waals surface area contributed by atoms with Gasteiger partial charge in [0.1, 0.15) is 18.5 Å². The number of ether oxygens (including phenoxy) is 1. The van der Waals surface area contributed by atoms with Crippen LogP contribution in [0.3, 0.4) is 0 Å². The zero-order valence-corrected chi connectivity index (χ0v) is 13.6. The molecule has 3 N–H and O–H groups in total. The van der Waals surface area contributed by atoms with Crippen molar-refractivity contribution in [3.05, 3.63) is 28.2 Å². The molecule has 1 aliphatic heterocycles. The number of aryl methyl sites for hydroxylation is 1. The number of rotatable bonds is 6. The Morgan fingerprint density at radius 3 is 3.10 bits per heavy atom. The highest BCUT2D eigenvalue weighted by atomic mass is 79.9. The normalized spacial score (nSPS) is 20.0. The molecule has 0 saturated carbocycles. The second-order valence-corrected chi connectivity index (χ2v) is 6.15. The molecule has 5 nitrogen and oxygen atoms in total. The molecule has 21 heavy (non-hydrogen) atoms. The molecule has 1 fully saturated rings. The van der Waals surface area contributed by atoms with Crippen molar-refractivity contribution in [2.75, 3.05) is 19.7 Å². The van der Waals surface area contributed by atoms with Crippen LogP contribution in [0.15, 0.2) is 22.7 Å². The van der Waals surface area contributed by atoms with E-state index in [2.05, 4.69) is 26.6 Å². The maximum atomic E-state index is 11.6. The third-order valence-electron chi connectivity index (χ3n) is 3.40. The van der Waals surface area contributed by atoms with E-state index in [4.69, 9.17) is 4.74 Å². The summed E-state index contributed by atoms with van der Waals surface area (Å²) in [5.74, 6) is 0.714. The fourth-order valence-corrected chi connectivity index (χ4v) is 2.82. The van der Waals surface area contributed by atoms with Crippen LogP contribution in [0.5, 0.6) is 5.75 Å². The van der Waals surface area contributed by atoms with Gasteiger partial charge < -0.3 is 20.5 Å². The maximum Gasteiger partial charge on any atom is 0.237 e. The first-order valence-electron chi connectivity index (χ1n) is 7.14. The first-order chi connectivity index (χ1) is 10.1. The molecule has 0 spiro atoms. The van der Waals surface area contributed by atoms with Gasteiger partial charge in [0.25, 0.3) is 0 Å². The number of hydrogen-bond donors (Lipinski definition) is 3. The monoisotopic (exact) mass is 356 g/mol. The first kappa shape index (κ1) is 16.3. The van der Waals surface area contributed by atoms with Crippen LogP contribution in [0.2, 0.25) is 0 Å². The molecule has 1 aromatic rings. The van der Waals surface area contributed by atoms with Crippen molar-refractivity contribution in [2.45, 2.75) is 31.9 Å². The summed E-state index contributed by atoms with van der Waals surface area (Å²) in [6.07, 6.45) is 1.11. The van der Waals surface area contributed by atoms with Crippen LogP contribution in [0.4, 0.5) is 0 Å². The van der Waals surface area contributed by atoms with Gasteiger partial charge in [-0.2, -0.15) is 0 Å². The molecule has 1 aromatic carbocycles. The van der Waals surface area contributed by atoms with Crippen molar-refractivity contribution in [3.8, 4) is 5.75 Å². The molecule has 2 rings (SSSR count). The van der Waals surface area contributed by atoms with E-state index in [1.807, 2.05) is 25.1 Å². The van der Waals surface area contributed by atoms with E-state index in [1.54, 1.807) is 0 Å². The van der Waals surface area contributed by atoms with Gasteiger partial charge in [-0.25, -0.2) is 0 Å². The van der Waals surface area contributed by atoms with Gasteiger partial charge in [0.05, 0.1) is 10.5 Å². The molecule has 1 saturated heterocycles. The number of piperidine rings is 1. The van der Waals surface area contributed by atoms with Gasteiger partial charge in [-0.15, -0.1) is 0 Å². The lowest BCUT2D eigenvalue weighted by molar-refractivity contribution is -0.124. The average Bonchev–Trinajstić information content (AvgIpc) is 2.45. The van der Waals surface area contributed by atoms with Crippen LogP contribution >= 0.6 is 15.9 Å². The summed E-state index contributed by atoms with van der Waals surface area (Å²) in [6, 6.07) is 5.58. The largest absolute Gasteiger partial charge is 0.490 e. The van der Waals surface area contributed by atoms with Gasteiger partial charge in [-0.1, -0.05) is 6.07 Å². The Bertz CT molecular complexity index is 496. The summed E-state index contributed by atoms with van der Waals surface area (Å²) in [5, 5.41) is 15.8. The van der Waals surface area contributed by atoms with Crippen molar-refractivity contribution in [3.63, 3.8) is 0 Å². The lowest BCUT2D eigenvalue weighted by atomic mass is 10.1. The van der Waals surface area contributed by atoms with Gasteiger partial charge in [0, 0.05) is 13.1 Å². The second-order valence-electron chi connectivity index (χ2n) is 5.29. The van der Waals surface area contributed by atoms with Crippen LogP contribution in [-0.4, -0.2) is 42.9 Å². The smallest absolute Gasteiger partial charge is 0.237 e. The highest BCUT2D eigenvalue weighted by molar-refractivity contribution is 9.10. The average molecular weight is 357 g/mol. The number of halogens is 1. The van der Waals surface area contributed by atoms with Crippen molar-refractivity contribution in [1.29, 1.82) is 0 Å². The minimum atomic E-state index is -0.659. The fraction of sp³-hybridized carbons (Fsp3) is 0.533. The molecule has 0 aromatic heterocycles. The minimum Gasteiger partial charge on any atom is -0.490 e. The topological polar surface area (TPSA) is 70.6 Å². The maximum absolute atomic E-state index is 11.6. The molecule has 6 heteroatoms. The number of aliphatic hydroxyl groups is 1. The van der Waals surface area contributed by atoms with E-state index < -0.39 is 6.10 Å². The lowest BCUT2D eigenvalue weighted by Crippen LogP contribution is -2.50. The number of carbonyl (C=O) groups excluding carboxylic acids is 1.